The third-order valence-corrected chi connectivity index (χ3v) is 3.69. The maximum atomic E-state index is 12.4. The van der Waals surface area contributed by atoms with Crippen LogP contribution in [0.3, 0.4) is 0 Å². The van der Waals surface area contributed by atoms with Gasteiger partial charge in [0.2, 0.25) is 0 Å². The monoisotopic (exact) mass is 334 g/mol. The molecule has 2 heterocycles. The number of carbonyl (C=O) groups excluding carboxylic acids is 1. The fourth-order valence-electron chi connectivity index (χ4n) is 2.13. The van der Waals surface area contributed by atoms with Crippen LogP contribution >= 0.6 is 23.2 Å². The van der Waals surface area contributed by atoms with Crippen LogP contribution in [0.2, 0.25) is 10.0 Å². The average Bonchev–Trinajstić information content (AvgIpc) is 2.83. The van der Waals surface area contributed by atoms with E-state index in [1.807, 2.05) is 19.9 Å². The summed E-state index contributed by atoms with van der Waals surface area (Å²) in [7, 11) is 0. The number of benzene rings is 1. The number of fused-ring (bicyclic) bond motifs is 1. The van der Waals surface area contributed by atoms with E-state index in [0.717, 1.165) is 11.4 Å². The van der Waals surface area contributed by atoms with Crippen LogP contribution in [0.1, 0.15) is 21.9 Å². The number of aryl methyl sites for hydroxylation is 2. The molecule has 22 heavy (non-hydrogen) atoms. The molecule has 0 atom stereocenters. The summed E-state index contributed by atoms with van der Waals surface area (Å²) >= 11 is 11.9. The molecule has 3 rings (SSSR count). The lowest BCUT2D eigenvalue weighted by atomic mass is 10.2. The van der Waals surface area contributed by atoms with Crippen molar-refractivity contribution in [3.8, 4) is 0 Å². The second kappa shape index (κ2) is 5.59. The second-order valence-corrected chi connectivity index (χ2v) is 5.76. The van der Waals surface area contributed by atoms with Crippen molar-refractivity contribution in [1.82, 2.24) is 14.6 Å². The van der Waals surface area contributed by atoms with Gasteiger partial charge in [0.1, 0.15) is 5.69 Å². The molecule has 0 saturated carbocycles. The van der Waals surface area contributed by atoms with Crippen molar-refractivity contribution < 1.29 is 4.79 Å². The lowest BCUT2D eigenvalue weighted by Gasteiger charge is -2.08. The Hall–Kier alpha value is -2.11. The second-order valence-electron chi connectivity index (χ2n) is 4.92. The Kier molecular flexibility index (Phi) is 3.76. The molecule has 0 aliphatic heterocycles. The maximum Gasteiger partial charge on any atom is 0.274 e. The SMILES string of the molecule is Cc1cc2nc(C(=O)Nc3ccc(Cl)cc3Cl)cc(C)n2n1. The van der Waals surface area contributed by atoms with Crippen molar-refractivity contribution in [3.05, 3.63) is 57.5 Å². The fourth-order valence-corrected chi connectivity index (χ4v) is 2.59. The Morgan fingerprint density at radius 3 is 2.68 bits per heavy atom. The van der Waals surface area contributed by atoms with Gasteiger partial charge in [-0.2, -0.15) is 5.10 Å². The minimum absolute atomic E-state index is 0.302. The topological polar surface area (TPSA) is 59.3 Å². The molecule has 1 N–H and O–H groups in total. The Balaban J connectivity index is 1.94. The standard InChI is InChI=1S/C15H12Cl2N4O/c1-8-5-14-18-13(6-9(2)21(14)20-8)15(22)19-12-4-3-10(16)7-11(12)17/h3-7H,1-2H3,(H,19,22). The summed E-state index contributed by atoms with van der Waals surface area (Å²) in [6, 6.07) is 8.38. The van der Waals surface area contributed by atoms with Gasteiger partial charge in [0.05, 0.1) is 16.4 Å². The van der Waals surface area contributed by atoms with Crippen molar-refractivity contribution in [2.45, 2.75) is 13.8 Å². The van der Waals surface area contributed by atoms with E-state index in [1.165, 1.54) is 0 Å². The van der Waals surface area contributed by atoms with Crippen molar-refractivity contribution >= 4 is 40.4 Å². The average molecular weight is 335 g/mol. The highest BCUT2D eigenvalue weighted by molar-refractivity contribution is 6.36. The van der Waals surface area contributed by atoms with Gasteiger partial charge in [-0.3, -0.25) is 4.79 Å². The first-order valence-corrected chi connectivity index (χ1v) is 7.30. The maximum absolute atomic E-state index is 12.4. The van der Waals surface area contributed by atoms with Crippen LogP contribution in [0.4, 0.5) is 5.69 Å². The van der Waals surface area contributed by atoms with E-state index in [-0.39, 0.29) is 5.91 Å². The molecule has 0 saturated heterocycles. The minimum Gasteiger partial charge on any atom is -0.319 e. The van der Waals surface area contributed by atoms with Gasteiger partial charge < -0.3 is 5.32 Å². The Morgan fingerprint density at radius 1 is 1.18 bits per heavy atom. The predicted molar refractivity (Wildman–Crippen MR) is 86.9 cm³/mol. The van der Waals surface area contributed by atoms with Crippen molar-refractivity contribution in [2.24, 2.45) is 0 Å². The van der Waals surface area contributed by atoms with E-state index in [0.29, 0.717) is 27.1 Å². The Morgan fingerprint density at radius 2 is 1.95 bits per heavy atom. The minimum atomic E-state index is -0.339. The van der Waals surface area contributed by atoms with Gasteiger partial charge in [-0.25, -0.2) is 9.50 Å². The van der Waals surface area contributed by atoms with E-state index in [9.17, 15) is 4.79 Å². The lowest BCUT2D eigenvalue weighted by molar-refractivity contribution is 0.102. The van der Waals surface area contributed by atoms with Crippen LogP contribution in [-0.4, -0.2) is 20.5 Å². The molecule has 2 aromatic heterocycles. The zero-order valence-electron chi connectivity index (χ0n) is 11.9. The summed E-state index contributed by atoms with van der Waals surface area (Å²) in [6.45, 7) is 3.74. The zero-order valence-corrected chi connectivity index (χ0v) is 13.4. The molecule has 7 heteroatoms. The first-order chi connectivity index (χ1) is 10.4. The van der Waals surface area contributed by atoms with Crippen molar-refractivity contribution in [3.63, 3.8) is 0 Å². The van der Waals surface area contributed by atoms with Crippen LogP contribution in [0.15, 0.2) is 30.3 Å². The molecule has 0 unspecified atom stereocenters. The number of halogens is 2. The predicted octanol–water partition coefficient (Wildman–Crippen LogP) is 3.91. The highest BCUT2D eigenvalue weighted by Gasteiger charge is 2.13. The number of nitrogens with zero attached hydrogens (tertiary/aromatic N) is 3. The lowest BCUT2D eigenvalue weighted by Crippen LogP contribution is -2.15. The molecule has 0 spiro atoms. The quantitative estimate of drug-likeness (QED) is 0.772. The molecule has 0 aliphatic rings. The third kappa shape index (κ3) is 2.77. The molecule has 5 nitrogen and oxygen atoms in total. The van der Waals surface area contributed by atoms with Crippen LogP contribution in [0.5, 0.6) is 0 Å². The number of nitrogens with one attached hydrogen (secondary N) is 1. The van der Waals surface area contributed by atoms with E-state index in [2.05, 4.69) is 15.4 Å². The number of hydrogen-bond donors (Lipinski definition) is 1. The van der Waals surface area contributed by atoms with Gasteiger partial charge in [0, 0.05) is 16.8 Å². The van der Waals surface area contributed by atoms with Crippen LogP contribution in [-0.2, 0) is 0 Å². The van der Waals surface area contributed by atoms with Gasteiger partial charge in [-0.15, -0.1) is 0 Å². The normalized spacial score (nSPS) is 10.9. The van der Waals surface area contributed by atoms with Gasteiger partial charge in [0.15, 0.2) is 5.65 Å². The van der Waals surface area contributed by atoms with Gasteiger partial charge >= 0.3 is 0 Å². The van der Waals surface area contributed by atoms with E-state index in [1.54, 1.807) is 28.8 Å². The third-order valence-electron chi connectivity index (χ3n) is 3.14. The highest BCUT2D eigenvalue weighted by atomic mass is 35.5. The highest BCUT2D eigenvalue weighted by Crippen LogP contribution is 2.25. The van der Waals surface area contributed by atoms with Gasteiger partial charge in [-0.1, -0.05) is 23.2 Å². The van der Waals surface area contributed by atoms with E-state index in [4.69, 9.17) is 23.2 Å². The van der Waals surface area contributed by atoms with E-state index >= 15 is 0 Å². The molecule has 1 aromatic carbocycles. The number of amides is 1. The molecule has 0 aliphatic carbocycles. The van der Waals surface area contributed by atoms with Crippen LogP contribution in [0.25, 0.3) is 5.65 Å². The summed E-state index contributed by atoms with van der Waals surface area (Å²) in [5, 5.41) is 7.92. The molecule has 1 amide bonds. The number of aromatic nitrogens is 3. The molecule has 0 radical (unpaired) electrons. The molecular formula is C15H12Cl2N4O. The van der Waals surface area contributed by atoms with Crippen molar-refractivity contribution in [1.29, 1.82) is 0 Å². The number of rotatable bonds is 2. The van der Waals surface area contributed by atoms with Gasteiger partial charge in [0.25, 0.3) is 5.91 Å². The summed E-state index contributed by atoms with van der Waals surface area (Å²) < 4.78 is 1.70. The number of anilines is 1. The van der Waals surface area contributed by atoms with Crippen LogP contribution in [0, 0.1) is 13.8 Å². The number of hydrogen-bond acceptors (Lipinski definition) is 3. The van der Waals surface area contributed by atoms with Gasteiger partial charge in [-0.05, 0) is 38.1 Å². The Bertz CT molecular complexity index is 889. The largest absolute Gasteiger partial charge is 0.319 e. The first-order valence-electron chi connectivity index (χ1n) is 6.54. The number of carbonyl (C=O) groups is 1. The van der Waals surface area contributed by atoms with E-state index < -0.39 is 0 Å². The molecule has 0 bridgehead atoms. The molecular weight excluding hydrogens is 323 g/mol. The zero-order chi connectivity index (χ0) is 15.9. The summed E-state index contributed by atoms with van der Waals surface area (Å²) in [4.78, 5) is 16.7. The summed E-state index contributed by atoms with van der Waals surface area (Å²) in [5.41, 5.74) is 3.08. The molecule has 112 valence electrons. The molecule has 3 aromatic rings. The summed E-state index contributed by atoms with van der Waals surface area (Å²) in [6.07, 6.45) is 0. The summed E-state index contributed by atoms with van der Waals surface area (Å²) in [5.74, 6) is -0.339. The van der Waals surface area contributed by atoms with Crippen molar-refractivity contribution in [2.75, 3.05) is 5.32 Å². The molecule has 0 fully saturated rings. The Labute approximate surface area is 136 Å². The smallest absolute Gasteiger partial charge is 0.274 e. The van der Waals surface area contributed by atoms with Crippen LogP contribution < -0.4 is 5.32 Å². The first kappa shape index (κ1) is 14.8. The fraction of sp³-hybridized carbons (Fsp3) is 0.133.